The summed E-state index contributed by atoms with van der Waals surface area (Å²) in [6.07, 6.45) is 2.15. The quantitative estimate of drug-likeness (QED) is 0.815. The number of benzene rings is 1. The zero-order chi connectivity index (χ0) is 14.0. The van der Waals surface area contributed by atoms with Gasteiger partial charge in [-0.15, -0.1) is 0 Å². The average Bonchev–Trinajstić information content (AvgIpc) is 2.77. The molecule has 0 fully saturated rings. The second kappa shape index (κ2) is 5.66. The Morgan fingerprint density at radius 1 is 1.11 bits per heavy atom. The highest BCUT2D eigenvalue weighted by Crippen LogP contribution is 2.22. The Morgan fingerprint density at radius 2 is 1.79 bits per heavy atom. The lowest BCUT2D eigenvalue weighted by molar-refractivity contribution is 0.133. The van der Waals surface area contributed by atoms with Gasteiger partial charge in [0.15, 0.2) is 0 Å². The van der Waals surface area contributed by atoms with Crippen LogP contribution in [-0.2, 0) is 6.67 Å². The predicted octanol–water partition coefficient (Wildman–Crippen LogP) is 3.73. The summed E-state index contributed by atoms with van der Waals surface area (Å²) in [6.45, 7) is 9.90. The van der Waals surface area contributed by atoms with E-state index in [0.717, 1.165) is 12.4 Å². The Balaban J connectivity index is 2.30. The second-order valence-corrected chi connectivity index (χ2v) is 5.55. The van der Waals surface area contributed by atoms with Crippen molar-refractivity contribution in [3.05, 3.63) is 30.5 Å². The number of hydrogen-bond donors (Lipinski definition) is 0. The minimum absolute atomic E-state index is 0.538. The van der Waals surface area contributed by atoms with E-state index in [1.165, 1.54) is 10.9 Å². The fourth-order valence-corrected chi connectivity index (χ4v) is 2.53. The number of rotatable bonds is 5. The molecule has 3 heteroatoms. The van der Waals surface area contributed by atoms with Gasteiger partial charge in [0.1, 0.15) is 5.75 Å². The van der Waals surface area contributed by atoms with Crippen molar-refractivity contribution >= 4 is 10.9 Å². The molecule has 2 aromatic rings. The van der Waals surface area contributed by atoms with Crippen LogP contribution in [0.15, 0.2) is 30.5 Å². The SMILES string of the molecule is COc1ccc2c(ccn2CN(C(C)C)C(C)C)c1. The number of nitrogens with zero attached hydrogens (tertiary/aromatic N) is 2. The Labute approximate surface area is 115 Å². The standard InChI is InChI=1S/C16H24N2O/c1-12(2)18(13(3)4)11-17-9-8-14-10-15(19-5)6-7-16(14)17/h6-10,12-13H,11H2,1-5H3. The minimum Gasteiger partial charge on any atom is -0.497 e. The molecule has 0 unspecified atom stereocenters. The number of aromatic nitrogens is 1. The predicted molar refractivity (Wildman–Crippen MR) is 80.6 cm³/mol. The van der Waals surface area contributed by atoms with E-state index in [-0.39, 0.29) is 0 Å². The number of ether oxygens (including phenoxy) is 1. The summed E-state index contributed by atoms with van der Waals surface area (Å²) in [5.74, 6) is 0.912. The highest BCUT2D eigenvalue weighted by Gasteiger charge is 2.14. The lowest BCUT2D eigenvalue weighted by Crippen LogP contribution is -2.38. The smallest absolute Gasteiger partial charge is 0.119 e. The molecule has 0 aliphatic carbocycles. The van der Waals surface area contributed by atoms with Gasteiger partial charge in [0.05, 0.1) is 13.8 Å². The largest absolute Gasteiger partial charge is 0.497 e. The van der Waals surface area contributed by atoms with Crippen LogP contribution in [0.3, 0.4) is 0 Å². The molecule has 0 N–H and O–H groups in total. The van der Waals surface area contributed by atoms with Crippen LogP contribution in [-0.4, -0.2) is 28.7 Å². The molecule has 0 atom stereocenters. The molecule has 0 aliphatic rings. The van der Waals surface area contributed by atoms with E-state index in [9.17, 15) is 0 Å². The van der Waals surface area contributed by atoms with Crippen LogP contribution < -0.4 is 4.74 Å². The van der Waals surface area contributed by atoms with E-state index in [1.54, 1.807) is 7.11 Å². The summed E-state index contributed by atoms with van der Waals surface area (Å²) in [7, 11) is 1.71. The molecular weight excluding hydrogens is 236 g/mol. The highest BCUT2D eigenvalue weighted by molar-refractivity contribution is 5.81. The topological polar surface area (TPSA) is 17.4 Å². The molecule has 104 valence electrons. The Bertz CT molecular complexity index is 535. The third-order valence-corrected chi connectivity index (χ3v) is 3.62. The van der Waals surface area contributed by atoms with Crippen molar-refractivity contribution in [3.8, 4) is 5.75 Å². The molecule has 1 heterocycles. The Morgan fingerprint density at radius 3 is 2.37 bits per heavy atom. The first kappa shape index (κ1) is 13.9. The molecule has 2 rings (SSSR count). The van der Waals surface area contributed by atoms with Crippen molar-refractivity contribution in [1.82, 2.24) is 9.47 Å². The molecule has 1 aromatic carbocycles. The van der Waals surface area contributed by atoms with Gasteiger partial charge in [0.2, 0.25) is 0 Å². The summed E-state index contributed by atoms with van der Waals surface area (Å²) in [6, 6.07) is 9.46. The molecule has 0 saturated carbocycles. The van der Waals surface area contributed by atoms with Crippen molar-refractivity contribution in [2.24, 2.45) is 0 Å². The van der Waals surface area contributed by atoms with Gasteiger partial charge >= 0.3 is 0 Å². The van der Waals surface area contributed by atoms with Crippen molar-refractivity contribution < 1.29 is 4.74 Å². The van der Waals surface area contributed by atoms with Gasteiger partial charge in [-0.25, -0.2) is 0 Å². The monoisotopic (exact) mass is 260 g/mol. The first-order chi connectivity index (χ1) is 9.02. The van der Waals surface area contributed by atoms with Crippen molar-refractivity contribution in [2.45, 2.75) is 46.4 Å². The van der Waals surface area contributed by atoms with Gasteiger partial charge in [-0.2, -0.15) is 0 Å². The maximum Gasteiger partial charge on any atom is 0.119 e. The van der Waals surface area contributed by atoms with Gasteiger partial charge in [0, 0.05) is 29.2 Å². The summed E-state index contributed by atoms with van der Waals surface area (Å²) in [5, 5.41) is 1.23. The fourth-order valence-electron chi connectivity index (χ4n) is 2.53. The molecule has 0 bridgehead atoms. The van der Waals surface area contributed by atoms with E-state index in [0.29, 0.717) is 12.1 Å². The van der Waals surface area contributed by atoms with Crippen LogP contribution in [0.4, 0.5) is 0 Å². The molecule has 19 heavy (non-hydrogen) atoms. The third kappa shape index (κ3) is 2.92. The van der Waals surface area contributed by atoms with Gasteiger partial charge in [-0.1, -0.05) is 0 Å². The summed E-state index contributed by atoms with van der Waals surface area (Å²) in [5.41, 5.74) is 1.26. The third-order valence-electron chi connectivity index (χ3n) is 3.62. The van der Waals surface area contributed by atoms with Crippen LogP contribution in [0.2, 0.25) is 0 Å². The van der Waals surface area contributed by atoms with Crippen LogP contribution in [0, 0.1) is 0 Å². The molecule has 0 radical (unpaired) electrons. The zero-order valence-corrected chi connectivity index (χ0v) is 12.6. The maximum absolute atomic E-state index is 5.27. The first-order valence-corrected chi connectivity index (χ1v) is 6.91. The number of methoxy groups -OCH3 is 1. The first-order valence-electron chi connectivity index (χ1n) is 6.91. The van der Waals surface area contributed by atoms with Crippen LogP contribution >= 0.6 is 0 Å². The molecule has 0 aliphatic heterocycles. The van der Waals surface area contributed by atoms with E-state index >= 15 is 0 Å². The van der Waals surface area contributed by atoms with Crippen molar-refractivity contribution in [2.75, 3.05) is 7.11 Å². The Hall–Kier alpha value is -1.48. The average molecular weight is 260 g/mol. The van der Waals surface area contributed by atoms with Gasteiger partial charge in [-0.05, 0) is 52.0 Å². The van der Waals surface area contributed by atoms with Crippen LogP contribution in [0.1, 0.15) is 27.7 Å². The highest BCUT2D eigenvalue weighted by atomic mass is 16.5. The Kier molecular flexibility index (Phi) is 4.15. The molecule has 0 amide bonds. The summed E-state index contributed by atoms with van der Waals surface area (Å²) < 4.78 is 7.57. The molecule has 0 spiro atoms. The molecule has 1 aromatic heterocycles. The number of fused-ring (bicyclic) bond motifs is 1. The van der Waals surface area contributed by atoms with Crippen LogP contribution in [0.5, 0.6) is 5.75 Å². The van der Waals surface area contributed by atoms with Crippen molar-refractivity contribution in [3.63, 3.8) is 0 Å². The minimum atomic E-state index is 0.538. The van der Waals surface area contributed by atoms with E-state index in [4.69, 9.17) is 4.74 Å². The molecular formula is C16H24N2O. The van der Waals surface area contributed by atoms with E-state index in [1.807, 2.05) is 6.07 Å². The molecule has 0 saturated heterocycles. The van der Waals surface area contributed by atoms with Gasteiger partial charge in [-0.3, -0.25) is 4.90 Å². The zero-order valence-electron chi connectivity index (χ0n) is 12.6. The fraction of sp³-hybridized carbons (Fsp3) is 0.500. The summed E-state index contributed by atoms with van der Waals surface area (Å²) in [4.78, 5) is 2.48. The molecule has 3 nitrogen and oxygen atoms in total. The normalized spacial score (nSPS) is 12.0. The van der Waals surface area contributed by atoms with E-state index in [2.05, 4.69) is 61.6 Å². The number of hydrogen-bond acceptors (Lipinski definition) is 2. The summed E-state index contributed by atoms with van der Waals surface area (Å²) >= 11 is 0. The van der Waals surface area contributed by atoms with Gasteiger partial charge < -0.3 is 9.30 Å². The lowest BCUT2D eigenvalue weighted by atomic mass is 10.2. The maximum atomic E-state index is 5.27. The van der Waals surface area contributed by atoms with Crippen molar-refractivity contribution in [1.29, 1.82) is 0 Å². The second-order valence-electron chi connectivity index (χ2n) is 5.55. The van der Waals surface area contributed by atoms with E-state index < -0.39 is 0 Å². The van der Waals surface area contributed by atoms with Crippen LogP contribution in [0.25, 0.3) is 10.9 Å². The van der Waals surface area contributed by atoms with Gasteiger partial charge in [0.25, 0.3) is 0 Å². The lowest BCUT2D eigenvalue weighted by Gasteiger charge is -2.31.